The van der Waals surface area contributed by atoms with Crippen molar-refractivity contribution in [1.29, 1.82) is 0 Å². The van der Waals surface area contributed by atoms with Crippen molar-refractivity contribution in [2.75, 3.05) is 13.2 Å². The van der Waals surface area contributed by atoms with E-state index in [1.807, 2.05) is 25.1 Å². The maximum atomic E-state index is 5.42. The summed E-state index contributed by atoms with van der Waals surface area (Å²) < 4.78 is 6.38. The first-order valence-corrected chi connectivity index (χ1v) is 5.77. The van der Waals surface area contributed by atoms with Crippen molar-refractivity contribution in [3.8, 4) is 5.75 Å². The van der Waals surface area contributed by atoms with Crippen molar-refractivity contribution < 1.29 is 4.74 Å². The largest absolute Gasteiger partial charge is 0.494 e. The van der Waals surface area contributed by atoms with Crippen LogP contribution in [0.25, 0.3) is 0 Å². The fourth-order valence-electron chi connectivity index (χ4n) is 1.25. The minimum absolute atomic E-state index is 0.703. The molecule has 0 aliphatic carbocycles. The molecule has 0 radical (unpaired) electrons. The van der Waals surface area contributed by atoms with Gasteiger partial charge in [-0.1, -0.05) is 34.6 Å². The van der Waals surface area contributed by atoms with Gasteiger partial charge in [0.05, 0.1) is 6.61 Å². The van der Waals surface area contributed by atoms with Gasteiger partial charge in [-0.25, -0.2) is 0 Å². The predicted octanol–water partition coefficient (Wildman–Crippen LogP) is 3.08. The Hall–Kier alpha value is -0.800. The molecule has 0 saturated heterocycles. The van der Waals surface area contributed by atoms with Gasteiger partial charge in [-0.05, 0) is 24.6 Å². The minimum atomic E-state index is 0.703. The minimum Gasteiger partial charge on any atom is -0.494 e. The standard InChI is InChI=1S/C12H16BrNO/c1-3-15-12-6-4-5-11(7-12)9-14-8-10(2)13/h4-7,14H,2-3,8-9H2,1H3. The maximum absolute atomic E-state index is 5.42. The average Bonchev–Trinajstić information content (AvgIpc) is 2.18. The van der Waals surface area contributed by atoms with Gasteiger partial charge in [0.25, 0.3) is 0 Å². The third-order valence-corrected chi connectivity index (χ3v) is 2.14. The summed E-state index contributed by atoms with van der Waals surface area (Å²) in [6.45, 7) is 8.05. The van der Waals surface area contributed by atoms with Crippen molar-refractivity contribution in [3.63, 3.8) is 0 Å². The van der Waals surface area contributed by atoms with Crippen LogP contribution in [0.2, 0.25) is 0 Å². The van der Waals surface area contributed by atoms with Crippen molar-refractivity contribution in [1.82, 2.24) is 5.32 Å². The Labute approximate surface area is 99.5 Å². The van der Waals surface area contributed by atoms with E-state index in [-0.39, 0.29) is 0 Å². The van der Waals surface area contributed by atoms with Crippen molar-refractivity contribution >= 4 is 15.9 Å². The van der Waals surface area contributed by atoms with Gasteiger partial charge >= 0.3 is 0 Å². The normalized spacial score (nSPS) is 10.0. The van der Waals surface area contributed by atoms with E-state index in [4.69, 9.17) is 4.74 Å². The SMILES string of the molecule is C=C(Br)CNCc1cccc(OCC)c1. The average molecular weight is 270 g/mol. The molecular weight excluding hydrogens is 254 g/mol. The Balaban J connectivity index is 2.46. The van der Waals surface area contributed by atoms with E-state index in [0.29, 0.717) is 6.61 Å². The second-order valence-corrected chi connectivity index (χ2v) is 4.32. The fourth-order valence-corrected chi connectivity index (χ4v) is 1.45. The summed E-state index contributed by atoms with van der Waals surface area (Å²) in [5.41, 5.74) is 1.22. The highest BCUT2D eigenvalue weighted by Gasteiger charge is 1.96. The lowest BCUT2D eigenvalue weighted by atomic mass is 10.2. The number of benzene rings is 1. The van der Waals surface area contributed by atoms with E-state index in [1.165, 1.54) is 5.56 Å². The molecule has 82 valence electrons. The molecule has 0 fully saturated rings. The van der Waals surface area contributed by atoms with Crippen LogP contribution < -0.4 is 10.1 Å². The van der Waals surface area contributed by atoms with Crippen LogP contribution >= 0.6 is 15.9 Å². The highest BCUT2D eigenvalue weighted by Crippen LogP contribution is 2.13. The van der Waals surface area contributed by atoms with E-state index in [1.54, 1.807) is 0 Å². The van der Waals surface area contributed by atoms with Gasteiger partial charge in [-0.15, -0.1) is 0 Å². The quantitative estimate of drug-likeness (QED) is 0.857. The molecule has 15 heavy (non-hydrogen) atoms. The van der Waals surface area contributed by atoms with E-state index in [2.05, 4.69) is 33.9 Å². The van der Waals surface area contributed by atoms with E-state index < -0.39 is 0 Å². The molecule has 0 bridgehead atoms. The smallest absolute Gasteiger partial charge is 0.119 e. The Kier molecular flexibility index (Phi) is 5.43. The summed E-state index contributed by atoms with van der Waals surface area (Å²) in [4.78, 5) is 0. The van der Waals surface area contributed by atoms with Gasteiger partial charge in [0.1, 0.15) is 5.75 Å². The summed E-state index contributed by atoms with van der Waals surface area (Å²) in [7, 11) is 0. The molecule has 1 N–H and O–H groups in total. The second kappa shape index (κ2) is 6.64. The van der Waals surface area contributed by atoms with Crippen molar-refractivity contribution in [2.24, 2.45) is 0 Å². The second-order valence-electron chi connectivity index (χ2n) is 3.20. The third-order valence-electron chi connectivity index (χ3n) is 1.86. The molecule has 0 aliphatic rings. The number of nitrogens with one attached hydrogen (secondary N) is 1. The zero-order chi connectivity index (χ0) is 11.1. The summed E-state index contributed by atoms with van der Waals surface area (Å²) in [6, 6.07) is 8.10. The lowest BCUT2D eigenvalue weighted by Gasteiger charge is -2.07. The van der Waals surface area contributed by atoms with Gasteiger partial charge in [0.2, 0.25) is 0 Å². The molecule has 0 atom stereocenters. The zero-order valence-corrected chi connectivity index (χ0v) is 10.5. The highest BCUT2D eigenvalue weighted by atomic mass is 79.9. The van der Waals surface area contributed by atoms with E-state index in [0.717, 1.165) is 23.3 Å². The molecule has 2 nitrogen and oxygen atoms in total. The molecule has 1 aromatic carbocycles. The summed E-state index contributed by atoms with van der Waals surface area (Å²) in [5.74, 6) is 0.925. The first kappa shape index (κ1) is 12.3. The van der Waals surface area contributed by atoms with Gasteiger partial charge in [0, 0.05) is 17.6 Å². The Morgan fingerprint density at radius 1 is 1.53 bits per heavy atom. The molecule has 1 rings (SSSR count). The fraction of sp³-hybridized carbons (Fsp3) is 0.333. The van der Waals surface area contributed by atoms with Crippen LogP contribution in [-0.2, 0) is 6.54 Å². The molecule has 0 amide bonds. The summed E-state index contributed by atoms with van der Waals surface area (Å²) in [5, 5.41) is 3.27. The highest BCUT2D eigenvalue weighted by molar-refractivity contribution is 9.11. The molecule has 3 heteroatoms. The van der Waals surface area contributed by atoms with Gasteiger partial charge in [-0.3, -0.25) is 0 Å². The third kappa shape index (κ3) is 5.00. The number of hydrogen-bond acceptors (Lipinski definition) is 2. The molecule has 0 spiro atoms. The lowest BCUT2D eigenvalue weighted by Crippen LogP contribution is -2.14. The van der Waals surface area contributed by atoms with Gasteiger partial charge < -0.3 is 10.1 Å². The maximum Gasteiger partial charge on any atom is 0.119 e. The van der Waals surface area contributed by atoms with Crippen LogP contribution in [0.1, 0.15) is 12.5 Å². The van der Waals surface area contributed by atoms with Crippen LogP contribution in [0.4, 0.5) is 0 Å². The molecule has 0 aliphatic heterocycles. The number of hydrogen-bond donors (Lipinski definition) is 1. The number of ether oxygens (including phenoxy) is 1. The van der Waals surface area contributed by atoms with Crippen LogP contribution in [0, 0.1) is 0 Å². The lowest BCUT2D eigenvalue weighted by molar-refractivity contribution is 0.340. The van der Waals surface area contributed by atoms with Crippen LogP contribution in [0.15, 0.2) is 35.3 Å². The van der Waals surface area contributed by atoms with Gasteiger partial charge in [-0.2, -0.15) is 0 Å². The monoisotopic (exact) mass is 269 g/mol. The molecule has 0 saturated carbocycles. The first-order valence-electron chi connectivity index (χ1n) is 4.98. The molecule has 0 unspecified atom stereocenters. The van der Waals surface area contributed by atoms with Crippen molar-refractivity contribution in [2.45, 2.75) is 13.5 Å². The van der Waals surface area contributed by atoms with Crippen LogP contribution in [0.5, 0.6) is 5.75 Å². The Bertz CT molecular complexity index is 325. The summed E-state index contributed by atoms with van der Waals surface area (Å²) in [6.07, 6.45) is 0. The van der Waals surface area contributed by atoms with Gasteiger partial charge in [0.15, 0.2) is 0 Å². The Morgan fingerprint density at radius 3 is 3.00 bits per heavy atom. The number of halogens is 1. The van der Waals surface area contributed by atoms with Crippen LogP contribution in [0.3, 0.4) is 0 Å². The first-order chi connectivity index (χ1) is 7.22. The molecule has 0 aromatic heterocycles. The molecule has 1 aromatic rings. The summed E-state index contributed by atoms with van der Waals surface area (Å²) >= 11 is 3.31. The van der Waals surface area contributed by atoms with Crippen LogP contribution in [-0.4, -0.2) is 13.2 Å². The van der Waals surface area contributed by atoms with E-state index in [9.17, 15) is 0 Å². The molecule has 0 heterocycles. The molecular formula is C12H16BrNO. The van der Waals surface area contributed by atoms with Crippen molar-refractivity contribution in [3.05, 3.63) is 40.9 Å². The van der Waals surface area contributed by atoms with E-state index >= 15 is 0 Å². The zero-order valence-electron chi connectivity index (χ0n) is 8.92. The topological polar surface area (TPSA) is 21.3 Å². The predicted molar refractivity (Wildman–Crippen MR) is 67.4 cm³/mol. The number of rotatable bonds is 6. The Morgan fingerprint density at radius 2 is 2.33 bits per heavy atom.